The third kappa shape index (κ3) is 5.26. The van der Waals surface area contributed by atoms with Gasteiger partial charge in [0, 0.05) is 32.9 Å². The molecular formula is C54H36N2. The highest BCUT2D eigenvalue weighted by Gasteiger charge is 2.19. The van der Waals surface area contributed by atoms with Crippen LogP contribution in [0.25, 0.3) is 99.5 Å². The second-order valence-electron chi connectivity index (χ2n) is 14.5. The summed E-state index contributed by atoms with van der Waals surface area (Å²) >= 11 is 0. The Kier molecular flexibility index (Phi) is 7.53. The quantitative estimate of drug-likeness (QED) is 0.162. The van der Waals surface area contributed by atoms with Gasteiger partial charge in [0.05, 0.1) is 22.1 Å². The number of para-hydroxylation sites is 1. The Morgan fingerprint density at radius 1 is 0.232 bits per heavy atom. The van der Waals surface area contributed by atoms with Gasteiger partial charge in [0.1, 0.15) is 0 Å². The molecule has 11 aromatic rings. The average molecular weight is 713 g/mol. The van der Waals surface area contributed by atoms with Crippen LogP contribution in [0.1, 0.15) is 0 Å². The van der Waals surface area contributed by atoms with Crippen LogP contribution >= 0.6 is 0 Å². The molecule has 0 aliphatic rings. The van der Waals surface area contributed by atoms with E-state index >= 15 is 0 Å². The number of rotatable bonds is 6. The molecule has 0 amide bonds. The molecule has 2 nitrogen and oxygen atoms in total. The van der Waals surface area contributed by atoms with Gasteiger partial charge in [0.15, 0.2) is 0 Å². The molecule has 0 fully saturated rings. The van der Waals surface area contributed by atoms with E-state index in [1.165, 1.54) is 88.1 Å². The molecule has 2 aromatic heterocycles. The first kappa shape index (κ1) is 32.0. The van der Waals surface area contributed by atoms with Crippen LogP contribution in [0, 0.1) is 0 Å². The van der Waals surface area contributed by atoms with Gasteiger partial charge in [-0.1, -0.05) is 158 Å². The lowest BCUT2D eigenvalue weighted by Gasteiger charge is -2.11. The van der Waals surface area contributed by atoms with Crippen molar-refractivity contribution in [1.82, 2.24) is 9.13 Å². The summed E-state index contributed by atoms with van der Waals surface area (Å²) in [6.07, 6.45) is 0. The maximum Gasteiger partial charge on any atom is 0.0547 e. The van der Waals surface area contributed by atoms with Crippen molar-refractivity contribution in [2.24, 2.45) is 0 Å². The summed E-state index contributed by atoms with van der Waals surface area (Å²) in [5.74, 6) is 0. The first-order valence-corrected chi connectivity index (χ1v) is 19.3. The Morgan fingerprint density at radius 3 is 1.41 bits per heavy atom. The molecule has 11 rings (SSSR count). The molecule has 0 unspecified atom stereocenters. The van der Waals surface area contributed by atoms with E-state index in [-0.39, 0.29) is 0 Å². The number of hydrogen-bond donors (Lipinski definition) is 0. The molecule has 0 atom stereocenters. The Balaban J connectivity index is 1.09. The van der Waals surface area contributed by atoms with E-state index in [1.54, 1.807) is 0 Å². The van der Waals surface area contributed by atoms with Crippen LogP contribution in [-0.4, -0.2) is 9.13 Å². The number of aromatic nitrogens is 2. The molecule has 262 valence electrons. The second-order valence-corrected chi connectivity index (χ2v) is 14.5. The minimum Gasteiger partial charge on any atom is -0.309 e. The summed E-state index contributed by atoms with van der Waals surface area (Å²) < 4.78 is 4.84. The largest absolute Gasteiger partial charge is 0.309 e. The molecular weight excluding hydrogens is 677 g/mol. The zero-order chi connectivity index (χ0) is 37.0. The highest BCUT2D eigenvalue weighted by molar-refractivity contribution is 6.17. The molecule has 0 saturated carbocycles. The Bertz CT molecular complexity index is 3210. The van der Waals surface area contributed by atoms with Crippen LogP contribution in [-0.2, 0) is 0 Å². The summed E-state index contributed by atoms with van der Waals surface area (Å²) in [6, 6.07) is 79.4. The average Bonchev–Trinajstić information content (AvgIpc) is 3.80. The van der Waals surface area contributed by atoms with E-state index in [0.717, 1.165) is 11.4 Å². The zero-order valence-corrected chi connectivity index (χ0v) is 30.7. The fourth-order valence-electron chi connectivity index (χ4n) is 8.71. The smallest absolute Gasteiger partial charge is 0.0547 e. The molecule has 0 bridgehead atoms. The summed E-state index contributed by atoms with van der Waals surface area (Å²) in [6.45, 7) is 0. The normalized spacial score (nSPS) is 11.6. The third-order valence-electron chi connectivity index (χ3n) is 11.3. The van der Waals surface area contributed by atoms with Crippen molar-refractivity contribution in [2.45, 2.75) is 0 Å². The van der Waals surface area contributed by atoms with Gasteiger partial charge in [-0.25, -0.2) is 0 Å². The number of benzene rings is 9. The van der Waals surface area contributed by atoms with Crippen LogP contribution in [0.3, 0.4) is 0 Å². The minimum absolute atomic E-state index is 1.15. The molecule has 0 spiro atoms. The van der Waals surface area contributed by atoms with Crippen LogP contribution < -0.4 is 0 Å². The van der Waals surface area contributed by atoms with Crippen LogP contribution in [0.2, 0.25) is 0 Å². The summed E-state index contributed by atoms with van der Waals surface area (Å²) in [5.41, 5.74) is 16.8. The monoisotopic (exact) mass is 712 g/mol. The molecule has 0 N–H and O–H groups in total. The van der Waals surface area contributed by atoms with E-state index in [0.29, 0.717) is 0 Å². The third-order valence-corrected chi connectivity index (χ3v) is 11.3. The van der Waals surface area contributed by atoms with Crippen molar-refractivity contribution in [1.29, 1.82) is 0 Å². The van der Waals surface area contributed by atoms with E-state index in [1.807, 2.05) is 0 Å². The van der Waals surface area contributed by atoms with E-state index in [2.05, 4.69) is 228 Å². The SMILES string of the molecule is c1ccc(-c2ccc(-n3c4ccccc4c4cc(-c5ccc6c(c5)c5c(-c7ccccc7)cccc5n6-c5cccc(-c6ccccc6)c5)ccc43)cc2)cc1. The van der Waals surface area contributed by atoms with Crippen LogP contribution in [0.15, 0.2) is 218 Å². The zero-order valence-electron chi connectivity index (χ0n) is 30.7. The second kappa shape index (κ2) is 13.2. The molecule has 0 aliphatic carbocycles. The predicted octanol–water partition coefficient (Wildman–Crippen LogP) is 14.5. The maximum absolute atomic E-state index is 2.44. The summed E-state index contributed by atoms with van der Waals surface area (Å²) in [5, 5.41) is 5.00. The van der Waals surface area contributed by atoms with E-state index in [4.69, 9.17) is 0 Å². The standard InChI is InChI=1S/C54H36N2/c1-4-14-37(15-5-1)39-26-30-44(31-27-39)55-50-24-11-10-22-47(50)48-35-42(28-32-51(48)55)43-29-33-52-49(36-43)54-46(40-18-8-3-9-19-40)23-13-25-53(54)56(52)45-21-12-20-41(34-45)38-16-6-2-7-17-38/h1-36H. The van der Waals surface area contributed by atoms with E-state index in [9.17, 15) is 0 Å². The summed E-state index contributed by atoms with van der Waals surface area (Å²) in [4.78, 5) is 0. The Morgan fingerprint density at radius 2 is 0.696 bits per heavy atom. The van der Waals surface area contributed by atoms with Crippen molar-refractivity contribution < 1.29 is 0 Å². The Hall–Kier alpha value is -7.42. The molecule has 0 aliphatic heterocycles. The molecule has 0 saturated heterocycles. The van der Waals surface area contributed by atoms with Gasteiger partial charge < -0.3 is 9.13 Å². The molecule has 9 aromatic carbocycles. The highest BCUT2D eigenvalue weighted by atomic mass is 15.0. The molecule has 2 heteroatoms. The fourth-order valence-corrected chi connectivity index (χ4v) is 8.71. The lowest BCUT2D eigenvalue weighted by atomic mass is 9.97. The predicted molar refractivity (Wildman–Crippen MR) is 237 cm³/mol. The van der Waals surface area contributed by atoms with Gasteiger partial charge >= 0.3 is 0 Å². The minimum atomic E-state index is 1.15. The number of nitrogens with zero attached hydrogens (tertiary/aromatic N) is 2. The summed E-state index contributed by atoms with van der Waals surface area (Å²) in [7, 11) is 0. The van der Waals surface area contributed by atoms with Crippen molar-refractivity contribution >= 4 is 43.6 Å². The fraction of sp³-hybridized carbons (Fsp3) is 0. The van der Waals surface area contributed by atoms with Crippen molar-refractivity contribution in [3.63, 3.8) is 0 Å². The van der Waals surface area contributed by atoms with Gasteiger partial charge in [-0.3, -0.25) is 0 Å². The lowest BCUT2D eigenvalue weighted by Crippen LogP contribution is -1.94. The molecule has 2 heterocycles. The van der Waals surface area contributed by atoms with Gasteiger partial charge in [0.2, 0.25) is 0 Å². The van der Waals surface area contributed by atoms with Gasteiger partial charge in [-0.05, 0) is 105 Å². The van der Waals surface area contributed by atoms with Crippen molar-refractivity contribution in [3.8, 4) is 55.9 Å². The van der Waals surface area contributed by atoms with Crippen LogP contribution in [0.5, 0.6) is 0 Å². The first-order chi connectivity index (χ1) is 27.8. The maximum atomic E-state index is 2.44. The highest BCUT2D eigenvalue weighted by Crippen LogP contribution is 2.42. The van der Waals surface area contributed by atoms with E-state index < -0.39 is 0 Å². The number of hydrogen-bond acceptors (Lipinski definition) is 0. The van der Waals surface area contributed by atoms with Crippen molar-refractivity contribution in [2.75, 3.05) is 0 Å². The van der Waals surface area contributed by atoms with Crippen molar-refractivity contribution in [3.05, 3.63) is 218 Å². The topological polar surface area (TPSA) is 9.86 Å². The van der Waals surface area contributed by atoms with Crippen LogP contribution in [0.4, 0.5) is 0 Å². The van der Waals surface area contributed by atoms with Gasteiger partial charge in [0.25, 0.3) is 0 Å². The Labute approximate surface area is 325 Å². The van der Waals surface area contributed by atoms with Gasteiger partial charge in [-0.2, -0.15) is 0 Å². The van der Waals surface area contributed by atoms with Gasteiger partial charge in [-0.15, -0.1) is 0 Å². The lowest BCUT2D eigenvalue weighted by molar-refractivity contribution is 1.18. The first-order valence-electron chi connectivity index (χ1n) is 19.3. The molecule has 56 heavy (non-hydrogen) atoms. The number of fused-ring (bicyclic) bond motifs is 6. The molecule has 0 radical (unpaired) electrons.